The number of esters is 1. The van der Waals surface area contributed by atoms with Crippen LogP contribution in [0.4, 0.5) is 4.39 Å². The zero-order chi connectivity index (χ0) is 18.0. The van der Waals surface area contributed by atoms with Crippen LogP contribution in [0, 0.1) is 5.82 Å². The molecule has 0 saturated heterocycles. The van der Waals surface area contributed by atoms with Gasteiger partial charge in [-0.05, 0) is 42.5 Å². The minimum atomic E-state index is -0.510. The topological polar surface area (TPSA) is 60.7 Å². The van der Waals surface area contributed by atoms with Crippen LogP contribution in [0.15, 0.2) is 51.9 Å². The van der Waals surface area contributed by atoms with Crippen LogP contribution in [0.1, 0.15) is 10.4 Å². The molecule has 3 rings (SSSR count). The monoisotopic (exact) mass is 422 g/mol. The summed E-state index contributed by atoms with van der Waals surface area (Å²) in [5.74, 6) is -1.38. The number of aromatic nitrogens is 1. The first kappa shape index (κ1) is 17.5. The van der Waals surface area contributed by atoms with E-state index in [2.05, 4.69) is 20.9 Å². The van der Waals surface area contributed by atoms with Crippen molar-refractivity contribution in [3.05, 3.63) is 63.1 Å². The third-order valence-electron chi connectivity index (χ3n) is 3.45. The van der Waals surface area contributed by atoms with Crippen molar-refractivity contribution in [3.8, 4) is 0 Å². The normalized spacial score (nSPS) is 11.7. The van der Waals surface area contributed by atoms with Crippen molar-refractivity contribution < 1.29 is 18.7 Å². The fourth-order valence-electron chi connectivity index (χ4n) is 2.22. The molecule has 3 aromatic rings. The van der Waals surface area contributed by atoms with E-state index in [0.717, 1.165) is 14.7 Å². The second-order valence-corrected chi connectivity index (χ2v) is 7.01. The first-order valence-corrected chi connectivity index (χ1v) is 8.79. The number of amides is 1. The lowest BCUT2D eigenvalue weighted by molar-refractivity contribution is -0.141. The van der Waals surface area contributed by atoms with Crippen LogP contribution in [0.5, 0.6) is 0 Å². The number of carbonyl (C=O) groups is 2. The smallest absolute Gasteiger partial charge is 0.325 e. The van der Waals surface area contributed by atoms with Gasteiger partial charge in [0.15, 0.2) is 4.80 Å². The van der Waals surface area contributed by atoms with E-state index >= 15 is 0 Å². The summed E-state index contributed by atoms with van der Waals surface area (Å²) in [6.45, 7) is -0.0618. The summed E-state index contributed by atoms with van der Waals surface area (Å²) in [6, 6.07) is 10.7. The lowest BCUT2D eigenvalue weighted by Gasteiger charge is -2.03. The Kier molecular flexibility index (Phi) is 5.10. The lowest BCUT2D eigenvalue weighted by atomic mass is 10.2. The van der Waals surface area contributed by atoms with E-state index in [-0.39, 0.29) is 12.1 Å². The number of carbonyl (C=O) groups excluding carboxylic acids is 2. The number of hydrogen-bond acceptors (Lipinski definition) is 4. The van der Waals surface area contributed by atoms with Gasteiger partial charge in [0.05, 0.1) is 17.3 Å². The molecule has 2 aromatic carbocycles. The molecule has 1 aromatic heterocycles. The Balaban J connectivity index is 2.13. The molecule has 0 aliphatic heterocycles. The van der Waals surface area contributed by atoms with Crippen molar-refractivity contribution in [2.24, 2.45) is 4.99 Å². The van der Waals surface area contributed by atoms with Gasteiger partial charge < -0.3 is 9.30 Å². The summed E-state index contributed by atoms with van der Waals surface area (Å²) in [5.41, 5.74) is 1.04. The highest BCUT2D eigenvalue weighted by Gasteiger charge is 2.13. The fraction of sp³-hybridized carbons (Fsp3) is 0.118. The highest BCUT2D eigenvalue weighted by atomic mass is 79.9. The van der Waals surface area contributed by atoms with Crippen molar-refractivity contribution >= 4 is 49.4 Å². The number of methoxy groups -OCH3 is 1. The Morgan fingerprint density at radius 3 is 2.64 bits per heavy atom. The third-order valence-corrected chi connectivity index (χ3v) is 4.98. The number of thiazole rings is 1. The zero-order valence-electron chi connectivity index (χ0n) is 13.0. The first-order valence-electron chi connectivity index (χ1n) is 7.18. The van der Waals surface area contributed by atoms with Gasteiger partial charge in [-0.2, -0.15) is 4.99 Å². The Bertz CT molecular complexity index is 1020. The predicted octanol–water partition coefficient (Wildman–Crippen LogP) is 3.52. The van der Waals surface area contributed by atoms with Crippen LogP contribution in [0.3, 0.4) is 0 Å². The number of fused-ring (bicyclic) bond motifs is 1. The van der Waals surface area contributed by atoms with Crippen LogP contribution < -0.4 is 4.80 Å². The van der Waals surface area contributed by atoms with E-state index in [0.29, 0.717) is 4.80 Å². The molecule has 1 amide bonds. The molecular formula is C17H12BrFN2O3S. The van der Waals surface area contributed by atoms with Crippen LogP contribution in [-0.2, 0) is 16.1 Å². The molecule has 0 aliphatic carbocycles. The van der Waals surface area contributed by atoms with Gasteiger partial charge in [0.25, 0.3) is 5.91 Å². The van der Waals surface area contributed by atoms with Crippen molar-refractivity contribution in [1.82, 2.24) is 4.57 Å². The maximum absolute atomic E-state index is 13.0. The molecule has 1 heterocycles. The van der Waals surface area contributed by atoms with Crippen LogP contribution in [-0.4, -0.2) is 23.6 Å². The molecule has 0 atom stereocenters. The van der Waals surface area contributed by atoms with Crippen molar-refractivity contribution in [3.63, 3.8) is 0 Å². The Hall–Kier alpha value is -2.32. The molecule has 8 heteroatoms. The molecule has 0 N–H and O–H groups in total. The number of hydrogen-bond donors (Lipinski definition) is 0. The quantitative estimate of drug-likeness (QED) is 0.606. The summed E-state index contributed by atoms with van der Waals surface area (Å²) in [5, 5.41) is 0. The molecule has 0 unspecified atom stereocenters. The fourth-order valence-corrected chi connectivity index (χ4v) is 3.80. The van der Waals surface area contributed by atoms with E-state index in [4.69, 9.17) is 4.74 Å². The summed E-state index contributed by atoms with van der Waals surface area (Å²) in [4.78, 5) is 28.6. The van der Waals surface area contributed by atoms with Crippen LogP contribution >= 0.6 is 27.3 Å². The predicted molar refractivity (Wildman–Crippen MR) is 95.8 cm³/mol. The number of halogens is 2. The van der Waals surface area contributed by atoms with Gasteiger partial charge in [0.1, 0.15) is 12.4 Å². The average molecular weight is 423 g/mol. The summed E-state index contributed by atoms with van der Waals surface area (Å²) in [7, 11) is 1.30. The van der Waals surface area contributed by atoms with E-state index in [1.54, 1.807) is 4.57 Å². The molecule has 5 nitrogen and oxygen atoms in total. The second-order valence-electron chi connectivity index (χ2n) is 5.08. The Morgan fingerprint density at radius 2 is 1.96 bits per heavy atom. The third kappa shape index (κ3) is 3.85. The minimum absolute atomic E-state index is 0.0618. The lowest BCUT2D eigenvalue weighted by Crippen LogP contribution is -2.22. The van der Waals surface area contributed by atoms with E-state index in [9.17, 15) is 14.0 Å². The van der Waals surface area contributed by atoms with Crippen molar-refractivity contribution in [1.29, 1.82) is 0 Å². The Labute approximate surface area is 154 Å². The van der Waals surface area contributed by atoms with E-state index in [1.807, 2.05) is 18.2 Å². The SMILES string of the molecule is COC(=O)Cn1c(=NC(=O)c2ccc(F)cc2)sc2cc(Br)ccc21. The standard InChI is InChI=1S/C17H12BrFN2O3S/c1-24-15(22)9-21-13-7-4-11(18)8-14(13)25-17(21)20-16(23)10-2-5-12(19)6-3-10/h2-8H,9H2,1H3. The highest BCUT2D eigenvalue weighted by Crippen LogP contribution is 2.22. The van der Waals surface area contributed by atoms with Crippen molar-refractivity contribution in [2.45, 2.75) is 6.54 Å². The maximum atomic E-state index is 13.0. The van der Waals surface area contributed by atoms with Gasteiger partial charge in [-0.15, -0.1) is 0 Å². The van der Waals surface area contributed by atoms with Gasteiger partial charge in [-0.3, -0.25) is 9.59 Å². The van der Waals surface area contributed by atoms with Gasteiger partial charge in [0.2, 0.25) is 0 Å². The molecule has 0 saturated carbocycles. The van der Waals surface area contributed by atoms with Crippen LogP contribution in [0.2, 0.25) is 0 Å². The van der Waals surface area contributed by atoms with Gasteiger partial charge >= 0.3 is 5.97 Å². The second kappa shape index (κ2) is 7.28. The van der Waals surface area contributed by atoms with Gasteiger partial charge in [-0.1, -0.05) is 27.3 Å². The number of nitrogens with zero attached hydrogens (tertiary/aromatic N) is 2. The first-order chi connectivity index (χ1) is 12.0. The number of benzene rings is 2. The summed E-state index contributed by atoms with van der Waals surface area (Å²) >= 11 is 4.68. The molecule has 0 bridgehead atoms. The molecule has 0 fully saturated rings. The summed E-state index contributed by atoms with van der Waals surface area (Å²) < 4.78 is 21.1. The molecule has 0 aliphatic rings. The largest absolute Gasteiger partial charge is 0.468 e. The molecule has 25 heavy (non-hydrogen) atoms. The van der Waals surface area contributed by atoms with Gasteiger partial charge in [0, 0.05) is 10.0 Å². The highest BCUT2D eigenvalue weighted by molar-refractivity contribution is 9.10. The Morgan fingerprint density at radius 1 is 1.24 bits per heavy atom. The van der Waals surface area contributed by atoms with E-state index in [1.165, 1.54) is 42.7 Å². The van der Waals surface area contributed by atoms with Crippen LogP contribution in [0.25, 0.3) is 10.2 Å². The maximum Gasteiger partial charge on any atom is 0.325 e. The van der Waals surface area contributed by atoms with Gasteiger partial charge in [-0.25, -0.2) is 4.39 Å². The van der Waals surface area contributed by atoms with Crippen molar-refractivity contribution in [2.75, 3.05) is 7.11 Å². The molecule has 128 valence electrons. The molecule has 0 spiro atoms. The molecule has 0 radical (unpaired) electrons. The number of ether oxygens (including phenoxy) is 1. The minimum Gasteiger partial charge on any atom is -0.468 e. The zero-order valence-corrected chi connectivity index (χ0v) is 15.4. The average Bonchev–Trinajstić information content (AvgIpc) is 2.91. The molecular weight excluding hydrogens is 411 g/mol. The number of rotatable bonds is 3. The van der Waals surface area contributed by atoms with E-state index < -0.39 is 17.7 Å². The summed E-state index contributed by atoms with van der Waals surface area (Å²) in [6.07, 6.45) is 0.